The first-order valence-electron chi connectivity index (χ1n) is 10.2. The maximum Gasteiger partial charge on any atom is 0.314 e. The van der Waals surface area contributed by atoms with Crippen LogP contribution in [0.25, 0.3) is 11.5 Å². The monoisotopic (exact) mass is 403 g/mol. The van der Waals surface area contributed by atoms with Crippen molar-refractivity contribution < 1.29 is 13.6 Å². The molecule has 0 unspecified atom stereocenters. The summed E-state index contributed by atoms with van der Waals surface area (Å²) in [5, 5.41) is 3.51. The molecular formula is C21H30FN5O2. The molecular weight excluding hydrogens is 373 g/mol. The Morgan fingerprint density at radius 3 is 2.59 bits per heavy atom. The molecule has 1 aliphatic rings. The Morgan fingerprint density at radius 1 is 1.28 bits per heavy atom. The smallest absolute Gasteiger partial charge is 0.314 e. The first-order valence-corrected chi connectivity index (χ1v) is 10.2. The molecule has 3 N–H and O–H groups in total. The zero-order valence-electron chi connectivity index (χ0n) is 17.2. The number of aryl methyl sites for hydroxylation is 1. The Morgan fingerprint density at radius 2 is 1.97 bits per heavy atom. The predicted octanol–water partition coefficient (Wildman–Crippen LogP) is 2.61. The molecule has 1 aliphatic heterocycles. The maximum atomic E-state index is 13.2. The number of carbonyl (C=O) groups is 1. The Hall–Kier alpha value is -2.45. The molecule has 8 heteroatoms. The minimum absolute atomic E-state index is 0.254. The lowest BCUT2D eigenvalue weighted by molar-refractivity contribution is 0.137. The van der Waals surface area contributed by atoms with E-state index in [0.717, 1.165) is 49.5 Å². The Labute approximate surface area is 171 Å². The fraction of sp³-hybridized carbons (Fsp3) is 0.524. The van der Waals surface area contributed by atoms with Gasteiger partial charge in [-0.25, -0.2) is 14.2 Å². The molecule has 1 fully saturated rings. The van der Waals surface area contributed by atoms with Crippen LogP contribution in [0.2, 0.25) is 0 Å². The number of aromatic nitrogens is 1. The van der Waals surface area contributed by atoms with E-state index in [9.17, 15) is 9.18 Å². The van der Waals surface area contributed by atoms with Gasteiger partial charge in [-0.05, 0) is 37.6 Å². The highest BCUT2D eigenvalue weighted by atomic mass is 19.1. The highest BCUT2D eigenvalue weighted by Gasteiger charge is 2.21. The van der Waals surface area contributed by atoms with E-state index < -0.39 is 0 Å². The van der Waals surface area contributed by atoms with Crippen molar-refractivity contribution in [2.75, 3.05) is 32.7 Å². The van der Waals surface area contributed by atoms with E-state index >= 15 is 0 Å². The number of oxazole rings is 1. The van der Waals surface area contributed by atoms with Crippen molar-refractivity contribution in [3.8, 4) is 11.5 Å². The average Bonchev–Trinajstić information content (AvgIpc) is 3.10. The number of nitrogens with one attached hydrogen (secondary N) is 1. The van der Waals surface area contributed by atoms with Gasteiger partial charge in [0.15, 0.2) is 0 Å². The SMILES string of the molecule is CCCc1nc(-c2ccc(F)cc2)oc1CN[C@H](C)CN1CCN(C(N)=O)CC1. The second-order valence-electron chi connectivity index (χ2n) is 7.55. The number of benzene rings is 1. The third-order valence-electron chi connectivity index (χ3n) is 5.18. The molecule has 2 amide bonds. The molecule has 0 radical (unpaired) electrons. The van der Waals surface area contributed by atoms with Gasteiger partial charge in [0.2, 0.25) is 5.89 Å². The summed E-state index contributed by atoms with van der Waals surface area (Å²) < 4.78 is 19.2. The van der Waals surface area contributed by atoms with Gasteiger partial charge < -0.3 is 20.4 Å². The van der Waals surface area contributed by atoms with Crippen molar-refractivity contribution in [1.82, 2.24) is 20.1 Å². The molecule has 0 bridgehead atoms. The number of rotatable bonds is 8. The number of hydrogen-bond donors (Lipinski definition) is 2. The average molecular weight is 404 g/mol. The van der Waals surface area contributed by atoms with E-state index in [-0.39, 0.29) is 17.9 Å². The second kappa shape index (κ2) is 9.84. The fourth-order valence-corrected chi connectivity index (χ4v) is 3.54. The normalized spacial score (nSPS) is 16.2. The van der Waals surface area contributed by atoms with E-state index in [2.05, 4.69) is 29.0 Å². The summed E-state index contributed by atoms with van der Waals surface area (Å²) in [7, 11) is 0. The summed E-state index contributed by atoms with van der Waals surface area (Å²) >= 11 is 0. The van der Waals surface area contributed by atoms with Gasteiger partial charge in [-0.2, -0.15) is 0 Å². The van der Waals surface area contributed by atoms with Crippen LogP contribution in [0.1, 0.15) is 31.7 Å². The second-order valence-corrected chi connectivity index (χ2v) is 7.55. The molecule has 3 rings (SSSR count). The molecule has 158 valence electrons. The Bertz CT molecular complexity index is 800. The van der Waals surface area contributed by atoms with E-state index in [0.29, 0.717) is 25.5 Å². The summed E-state index contributed by atoms with van der Waals surface area (Å²) in [6.07, 6.45) is 1.81. The number of urea groups is 1. The zero-order valence-corrected chi connectivity index (χ0v) is 17.2. The standard InChI is InChI=1S/C21H30FN5O2/c1-3-4-18-19(29-20(25-18)16-5-7-17(22)8-6-16)13-24-15(2)14-26-9-11-27(12-10-26)21(23)28/h5-8,15,24H,3-4,9-14H2,1-2H3,(H2,23,28)/t15-/m1/s1. The van der Waals surface area contributed by atoms with Crippen molar-refractivity contribution in [2.45, 2.75) is 39.3 Å². The number of amides is 2. The summed E-state index contributed by atoms with van der Waals surface area (Å²) in [5.41, 5.74) is 7.06. The molecule has 0 aliphatic carbocycles. The van der Waals surface area contributed by atoms with Crippen LogP contribution < -0.4 is 11.1 Å². The number of hydrogen-bond acceptors (Lipinski definition) is 5. The van der Waals surface area contributed by atoms with Gasteiger partial charge in [-0.1, -0.05) is 13.3 Å². The number of carbonyl (C=O) groups excluding carboxylic acids is 1. The number of nitrogens with two attached hydrogens (primary N) is 1. The third kappa shape index (κ3) is 5.77. The lowest BCUT2D eigenvalue weighted by Crippen LogP contribution is -2.52. The Kier molecular flexibility index (Phi) is 7.22. The molecule has 1 saturated heterocycles. The van der Waals surface area contributed by atoms with Gasteiger partial charge in [-0.15, -0.1) is 0 Å². The summed E-state index contributed by atoms with van der Waals surface area (Å²) in [6.45, 7) is 8.72. The number of halogens is 1. The molecule has 1 atom stereocenters. The van der Waals surface area contributed by atoms with Crippen molar-refractivity contribution in [3.63, 3.8) is 0 Å². The van der Waals surface area contributed by atoms with E-state index in [4.69, 9.17) is 10.2 Å². The van der Waals surface area contributed by atoms with Crippen LogP contribution in [-0.4, -0.2) is 59.6 Å². The first kappa shape index (κ1) is 21.3. The van der Waals surface area contributed by atoms with Crippen molar-refractivity contribution >= 4 is 6.03 Å². The first-order chi connectivity index (χ1) is 14.0. The predicted molar refractivity (Wildman–Crippen MR) is 110 cm³/mol. The molecule has 7 nitrogen and oxygen atoms in total. The van der Waals surface area contributed by atoms with E-state index in [1.165, 1.54) is 12.1 Å². The highest BCUT2D eigenvalue weighted by molar-refractivity contribution is 5.72. The molecule has 29 heavy (non-hydrogen) atoms. The van der Waals surface area contributed by atoms with Crippen LogP contribution in [0.4, 0.5) is 9.18 Å². The quantitative estimate of drug-likeness (QED) is 0.707. The van der Waals surface area contributed by atoms with Gasteiger partial charge in [0, 0.05) is 44.3 Å². The van der Waals surface area contributed by atoms with Crippen LogP contribution in [0.15, 0.2) is 28.7 Å². The topological polar surface area (TPSA) is 87.6 Å². The molecule has 2 heterocycles. The largest absolute Gasteiger partial charge is 0.440 e. The number of primary amides is 1. The summed E-state index contributed by atoms with van der Waals surface area (Å²) in [4.78, 5) is 19.9. The Balaban J connectivity index is 1.56. The minimum Gasteiger partial charge on any atom is -0.440 e. The zero-order chi connectivity index (χ0) is 20.8. The molecule has 1 aromatic carbocycles. The third-order valence-corrected chi connectivity index (χ3v) is 5.18. The fourth-order valence-electron chi connectivity index (χ4n) is 3.54. The van der Waals surface area contributed by atoms with E-state index in [1.807, 2.05) is 0 Å². The van der Waals surface area contributed by atoms with Crippen molar-refractivity contribution in [2.24, 2.45) is 5.73 Å². The maximum absolute atomic E-state index is 13.2. The van der Waals surface area contributed by atoms with Gasteiger partial charge in [0.1, 0.15) is 11.6 Å². The molecule has 0 spiro atoms. The van der Waals surface area contributed by atoms with Gasteiger partial charge >= 0.3 is 6.03 Å². The number of piperazine rings is 1. The highest BCUT2D eigenvalue weighted by Crippen LogP contribution is 2.23. The molecule has 0 saturated carbocycles. The molecule has 1 aromatic heterocycles. The van der Waals surface area contributed by atoms with Crippen molar-refractivity contribution in [1.29, 1.82) is 0 Å². The summed E-state index contributed by atoms with van der Waals surface area (Å²) in [6, 6.07) is 6.10. The van der Waals surface area contributed by atoms with Crippen molar-refractivity contribution in [3.05, 3.63) is 41.5 Å². The number of nitrogens with zero attached hydrogens (tertiary/aromatic N) is 3. The van der Waals surface area contributed by atoms with Crippen LogP contribution in [0, 0.1) is 5.82 Å². The summed E-state index contributed by atoms with van der Waals surface area (Å²) in [5.74, 6) is 1.08. The van der Waals surface area contributed by atoms with Crippen LogP contribution in [0.3, 0.4) is 0 Å². The molecule has 2 aromatic rings. The van der Waals surface area contributed by atoms with Crippen LogP contribution in [-0.2, 0) is 13.0 Å². The van der Waals surface area contributed by atoms with Crippen LogP contribution in [0.5, 0.6) is 0 Å². The lowest BCUT2D eigenvalue weighted by atomic mass is 10.2. The minimum atomic E-state index is -0.346. The van der Waals surface area contributed by atoms with Crippen LogP contribution >= 0.6 is 0 Å². The van der Waals surface area contributed by atoms with Gasteiger partial charge in [-0.3, -0.25) is 4.90 Å². The lowest BCUT2D eigenvalue weighted by Gasteiger charge is -2.35. The van der Waals surface area contributed by atoms with Gasteiger partial charge in [0.05, 0.1) is 12.2 Å². The van der Waals surface area contributed by atoms with Gasteiger partial charge in [0.25, 0.3) is 0 Å². The van der Waals surface area contributed by atoms with E-state index in [1.54, 1.807) is 17.0 Å².